The molecule has 4 rings (SSSR count). The quantitative estimate of drug-likeness (QED) is 0.791. The van der Waals surface area contributed by atoms with Crippen LogP contribution in [0, 0.1) is 5.82 Å². The highest BCUT2D eigenvalue weighted by molar-refractivity contribution is 6.30. The zero-order chi connectivity index (χ0) is 15.8. The summed E-state index contributed by atoms with van der Waals surface area (Å²) in [6, 6.07) is 8.25. The van der Waals surface area contributed by atoms with Gasteiger partial charge in [0.2, 0.25) is 0 Å². The maximum absolute atomic E-state index is 13.7. The molecule has 2 atom stereocenters. The van der Waals surface area contributed by atoms with Gasteiger partial charge in [-0.1, -0.05) is 17.7 Å². The first-order chi connectivity index (χ1) is 11.2. The number of nitrogens with one attached hydrogen (secondary N) is 1. The van der Waals surface area contributed by atoms with Crippen molar-refractivity contribution < 1.29 is 9.13 Å². The fourth-order valence-electron chi connectivity index (χ4n) is 2.67. The van der Waals surface area contributed by atoms with Crippen LogP contribution in [-0.2, 0) is 4.74 Å². The van der Waals surface area contributed by atoms with E-state index >= 15 is 0 Å². The van der Waals surface area contributed by atoms with Crippen LogP contribution in [0.1, 0.15) is 18.1 Å². The Hall–Kier alpha value is -2.32. The first kappa shape index (κ1) is 14.3. The molecule has 1 aromatic carbocycles. The van der Waals surface area contributed by atoms with Crippen LogP contribution in [0.25, 0.3) is 5.65 Å². The highest BCUT2D eigenvalue weighted by Crippen LogP contribution is 2.32. The smallest absolute Gasteiger partial charge is 0.200 e. The highest BCUT2D eigenvalue weighted by Gasteiger charge is 2.30. The molecule has 0 unspecified atom stereocenters. The number of anilines is 1. The molecular formula is C14H12ClFN6O. The van der Waals surface area contributed by atoms with Gasteiger partial charge in [-0.25, -0.2) is 4.39 Å². The normalized spacial score (nSPS) is 21.0. The summed E-state index contributed by atoms with van der Waals surface area (Å²) in [5.41, 5.74) is 1.31. The minimum atomic E-state index is -0.452. The largest absolute Gasteiger partial charge is 0.371 e. The SMILES string of the molecule is Fc1cc([C@H]2OCC[C@@H]2Nc2ccc3nnnn3n2)ccc1Cl. The molecule has 2 aromatic heterocycles. The molecule has 9 heteroatoms. The summed E-state index contributed by atoms with van der Waals surface area (Å²) in [6.45, 7) is 0.583. The third-order valence-corrected chi connectivity index (χ3v) is 4.07. The number of aromatic nitrogens is 5. The van der Waals surface area contributed by atoms with Gasteiger partial charge >= 0.3 is 0 Å². The minimum absolute atomic E-state index is 0.0305. The summed E-state index contributed by atoms with van der Waals surface area (Å²) in [5, 5.41) is 18.8. The van der Waals surface area contributed by atoms with Crippen molar-refractivity contribution in [1.29, 1.82) is 0 Å². The molecule has 0 radical (unpaired) electrons. The zero-order valence-corrected chi connectivity index (χ0v) is 12.6. The van der Waals surface area contributed by atoms with E-state index in [2.05, 4.69) is 25.9 Å². The van der Waals surface area contributed by atoms with Crippen molar-refractivity contribution in [2.75, 3.05) is 11.9 Å². The van der Waals surface area contributed by atoms with Crippen LogP contribution >= 0.6 is 11.6 Å². The van der Waals surface area contributed by atoms with Gasteiger partial charge in [-0.3, -0.25) is 0 Å². The lowest BCUT2D eigenvalue weighted by Gasteiger charge is -2.20. The number of rotatable bonds is 3. The van der Waals surface area contributed by atoms with E-state index in [9.17, 15) is 4.39 Å². The van der Waals surface area contributed by atoms with Crippen molar-refractivity contribution in [1.82, 2.24) is 25.3 Å². The number of tetrazole rings is 1. The number of nitrogens with zero attached hydrogens (tertiary/aromatic N) is 5. The van der Waals surface area contributed by atoms with Crippen LogP contribution in [0.3, 0.4) is 0 Å². The van der Waals surface area contributed by atoms with Crippen molar-refractivity contribution in [3.8, 4) is 0 Å². The third kappa shape index (κ3) is 2.71. The maximum atomic E-state index is 13.7. The predicted octanol–water partition coefficient (Wildman–Crippen LogP) is 2.25. The number of fused-ring (bicyclic) bond motifs is 1. The van der Waals surface area contributed by atoms with Gasteiger partial charge in [-0.05, 0) is 46.7 Å². The standard InChI is InChI=1S/C14H12ClFN6O/c15-9-2-1-8(7-10(9)16)14-11(5-6-23-14)17-12-3-4-13-18-20-21-22(13)19-12/h1-4,7,11,14H,5-6H2,(H,17,19)/t11-,14+/m0/s1. The first-order valence-corrected chi connectivity index (χ1v) is 7.47. The Morgan fingerprint density at radius 1 is 1.30 bits per heavy atom. The summed E-state index contributed by atoms with van der Waals surface area (Å²) in [4.78, 5) is 0. The Morgan fingerprint density at radius 3 is 3.09 bits per heavy atom. The predicted molar refractivity (Wildman–Crippen MR) is 80.7 cm³/mol. The molecule has 23 heavy (non-hydrogen) atoms. The first-order valence-electron chi connectivity index (χ1n) is 7.09. The minimum Gasteiger partial charge on any atom is -0.371 e. The molecule has 0 saturated carbocycles. The molecule has 3 aromatic rings. The van der Waals surface area contributed by atoms with E-state index in [1.807, 2.05) is 0 Å². The Labute approximate surface area is 135 Å². The number of halogens is 2. The van der Waals surface area contributed by atoms with Gasteiger partial charge in [0.05, 0.1) is 11.1 Å². The molecule has 1 aliphatic heterocycles. The average Bonchev–Trinajstić information content (AvgIpc) is 3.19. The van der Waals surface area contributed by atoms with E-state index < -0.39 is 5.82 Å². The van der Waals surface area contributed by atoms with Crippen molar-refractivity contribution in [3.63, 3.8) is 0 Å². The van der Waals surface area contributed by atoms with Gasteiger partial charge in [0.1, 0.15) is 17.7 Å². The Balaban J connectivity index is 1.58. The van der Waals surface area contributed by atoms with E-state index in [-0.39, 0.29) is 17.2 Å². The monoisotopic (exact) mass is 334 g/mol. The molecular weight excluding hydrogens is 323 g/mol. The Kier molecular flexibility index (Phi) is 3.55. The van der Waals surface area contributed by atoms with Gasteiger partial charge in [0.25, 0.3) is 0 Å². The second-order valence-corrected chi connectivity index (χ2v) is 5.66. The summed E-state index contributed by atoms with van der Waals surface area (Å²) >= 11 is 5.74. The molecule has 0 aliphatic carbocycles. The fourth-order valence-corrected chi connectivity index (χ4v) is 2.79. The molecule has 1 fully saturated rings. The van der Waals surface area contributed by atoms with E-state index in [1.54, 1.807) is 18.2 Å². The van der Waals surface area contributed by atoms with Crippen LogP contribution in [0.15, 0.2) is 30.3 Å². The van der Waals surface area contributed by atoms with Gasteiger partial charge in [0.15, 0.2) is 5.65 Å². The van der Waals surface area contributed by atoms with Crippen LogP contribution in [0.4, 0.5) is 10.2 Å². The lowest BCUT2D eigenvalue weighted by molar-refractivity contribution is 0.107. The highest BCUT2D eigenvalue weighted by atomic mass is 35.5. The lowest BCUT2D eigenvalue weighted by Crippen LogP contribution is -2.24. The van der Waals surface area contributed by atoms with Crippen molar-refractivity contribution in [2.24, 2.45) is 0 Å². The van der Waals surface area contributed by atoms with Crippen LogP contribution in [-0.4, -0.2) is 37.9 Å². The molecule has 1 aliphatic rings. The van der Waals surface area contributed by atoms with Gasteiger partial charge in [-0.2, -0.15) is 0 Å². The lowest BCUT2D eigenvalue weighted by atomic mass is 10.0. The number of benzene rings is 1. The van der Waals surface area contributed by atoms with Crippen LogP contribution in [0.2, 0.25) is 5.02 Å². The third-order valence-electron chi connectivity index (χ3n) is 3.77. The number of hydrogen-bond acceptors (Lipinski definition) is 6. The second kappa shape index (κ2) is 5.71. The summed E-state index contributed by atoms with van der Waals surface area (Å²) in [6.07, 6.45) is 0.512. The van der Waals surface area contributed by atoms with E-state index in [0.717, 1.165) is 12.0 Å². The summed E-state index contributed by atoms with van der Waals surface area (Å²) in [5.74, 6) is 0.173. The molecule has 0 spiro atoms. The maximum Gasteiger partial charge on any atom is 0.200 e. The van der Waals surface area contributed by atoms with E-state index in [1.165, 1.54) is 16.8 Å². The fraction of sp³-hybridized carbons (Fsp3) is 0.286. The molecule has 7 nitrogen and oxygen atoms in total. The molecule has 118 valence electrons. The van der Waals surface area contributed by atoms with E-state index in [4.69, 9.17) is 16.3 Å². The molecule has 1 N–H and O–H groups in total. The number of hydrogen-bond donors (Lipinski definition) is 1. The second-order valence-electron chi connectivity index (χ2n) is 5.25. The molecule has 0 bridgehead atoms. The average molecular weight is 335 g/mol. The summed E-state index contributed by atoms with van der Waals surface area (Å²) < 4.78 is 20.8. The van der Waals surface area contributed by atoms with Crippen LogP contribution < -0.4 is 5.32 Å². The summed E-state index contributed by atoms with van der Waals surface area (Å²) in [7, 11) is 0. The molecule has 3 heterocycles. The van der Waals surface area contributed by atoms with Crippen LogP contribution in [0.5, 0.6) is 0 Å². The molecule has 0 amide bonds. The van der Waals surface area contributed by atoms with E-state index in [0.29, 0.717) is 18.1 Å². The van der Waals surface area contributed by atoms with Crippen molar-refractivity contribution >= 4 is 23.1 Å². The zero-order valence-electron chi connectivity index (χ0n) is 11.9. The Morgan fingerprint density at radius 2 is 2.22 bits per heavy atom. The topological polar surface area (TPSA) is 77.2 Å². The Bertz CT molecular complexity index is 856. The number of ether oxygens (including phenoxy) is 1. The van der Waals surface area contributed by atoms with Gasteiger partial charge in [0, 0.05) is 6.61 Å². The van der Waals surface area contributed by atoms with Crippen molar-refractivity contribution in [2.45, 2.75) is 18.6 Å². The van der Waals surface area contributed by atoms with Gasteiger partial charge < -0.3 is 10.1 Å². The van der Waals surface area contributed by atoms with Gasteiger partial charge in [-0.15, -0.1) is 14.8 Å². The molecule has 1 saturated heterocycles. The van der Waals surface area contributed by atoms with Crippen molar-refractivity contribution in [3.05, 3.63) is 46.7 Å².